The molecule has 1 fully saturated rings. The van der Waals surface area contributed by atoms with Gasteiger partial charge in [0.1, 0.15) is 17.4 Å². The summed E-state index contributed by atoms with van der Waals surface area (Å²) < 4.78 is 28.5. The average molecular weight is 472 g/mol. The van der Waals surface area contributed by atoms with Crippen molar-refractivity contribution in [3.63, 3.8) is 0 Å². The van der Waals surface area contributed by atoms with Gasteiger partial charge in [0.25, 0.3) is 0 Å². The molecule has 1 aromatic carbocycles. The Kier molecular flexibility index (Phi) is 6.40. The van der Waals surface area contributed by atoms with Gasteiger partial charge in [0.15, 0.2) is 0 Å². The fourth-order valence-corrected chi connectivity index (χ4v) is 4.78. The van der Waals surface area contributed by atoms with E-state index in [9.17, 15) is 13.2 Å². The number of benzene rings is 1. The third-order valence-corrected chi connectivity index (χ3v) is 7.11. The average Bonchev–Trinajstić information content (AvgIpc) is 3.06. The Labute approximate surface area is 193 Å². The van der Waals surface area contributed by atoms with Crippen molar-refractivity contribution in [3.05, 3.63) is 47.0 Å². The van der Waals surface area contributed by atoms with Crippen LogP contribution in [0.4, 0.5) is 5.82 Å². The molecule has 0 radical (unpaired) electrons. The number of amides is 1. The summed E-state index contributed by atoms with van der Waals surface area (Å²) in [5.74, 6) is 2.19. The summed E-state index contributed by atoms with van der Waals surface area (Å²) in [5, 5.41) is 9.07. The number of hydrogen-bond donors (Lipinski definition) is 2. The molecule has 0 spiro atoms. The number of piperidine rings is 1. The van der Waals surface area contributed by atoms with Crippen LogP contribution >= 0.6 is 0 Å². The van der Waals surface area contributed by atoms with Crippen LogP contribution in [0.1, 0.15) is 35.6 Å². The Bertz CT molecular complexity index is 1280. The molecule has 1 saturated heterocycles. The smallest absolute Gasteiger partial charge is 0.238 e. The van der Waals surface area contributed by atoms with E-state index in [0.717, 1.165) is 47.5 Å². The molecular weight excluding hydrogens is 442 g/mol. The predicted octanol–water partition coefficient (Wildman–Crippen LogP) is 2.37. The molecule has 0 saturated carbocycles. The summed E-state index contributed by atoms with van der Waals surface area (Å²) in [5.41, 5.74) is 2.55. The Morgan fingerprint density at radius 1 is 1.21 bits per heavy atom. The zero-order chi connectivity index (χ0) is 23.8. The molecule has 1 aliphatic heterocycles. The number of furan rings is 1. The van der Waals surface area contributed by atoms with E-state index in [4.69, 9.17) is 14.5 Å². The summed E-state index contributed by atoms with van der Waals surface area (Å²) in [6.45, 7) is 7.66. The number of hydrogen-bond acceptors (Lipinski definition) is 7. The van der Waals surface area contributed by atoms with Crippen molar-refractivity contribution < 1.29 is 17.6 Å². The van der Waals surface area contributed by atoms with Gasteiger partial charge in [0.05, 0.1) is 16.2 Å². The molecule has 10 heteroatoms. The van der Waals surface area contributed by atoms with Crippen LogP contribution in [-0.4, -0.2) is 43.9 Å². The van der Waals surface area contributed by atoms with E-state index in [1.165, 1.54) is 12.1 Å². The molecule has 3 aromatic rings. The minimum absolute atomic E-state index is 0.0166. The van der Waals surface area contributed by atoms with Crippen LogP contribution in [0.25, 0.3) is 11.1 Å². The third kappa shape index (κ3) is 5.01. The number of primary sulfonamides is 1. The predicted molar refractivity (Wildman–Crippen MR) is 125 cm³/mol. The van der Waals surface area contributed by atoms with Gasteiger partial charge >= 0.3 is 0 Å². The van der Waals surface area contributed by atoms with Gasteiger partial charge in [-0.3, -0.25) is 4.79 Å². The van der Waals surface area contributed by atoms with Crippen molar-refractivity contribution in [2.24, 2.45) is 11.1 Å². The molecule has 1 aliphatic rings. The van der Waals surface area contributed by atoms with Crippen molar-refractivity contribution in [2.45, 2.75) is 44.9 Å². The Morgan fingerprint density at radius 2 is 1.94 bits per heavy atom. The van der Waals surface area contributed by atoms with Crippen LogP contribution in [0, 0.1) is 26.7 Å². The van der Waals surface area contributed by atoms with Gasteiger partial charge in [-0.2, -0.15) is 4.98 Å². The number of carbonyl (C=O) groups is 1. The highest BCUT2D eigenvalue weighted by Gasteiger charge is 2.29. The summed E-state index contributed by atoms with van der Waals surface area (Å²) in [6.07, 6.45) is 2.32. The highest BCUT2D eigenvalue weighted by Crippen LogP contribution is 2.33. The van der Waals surface area contributed by atoms with Crippen LogP contribution in [0.2, 0.25) is 0 Å². The van der Waals surface area contributed by atoms with E-state index >= 15 is 0 Å². The molecule has 0 bridgehead atoms. The van der Waals surface area contributed by atoms with E-state index < -0.39 is 10.0 Å². The fourth-order valence-electron chi connectivity index (χ4n) is 4.26. The second-order valence-electron chi connectivity index (χ2n) is 8.57. The highest BCUT2D eigenvalue weighted by atomic mass is 32.2. The van der Waals surface area contributed by atoms with Crippen molar-refractivity contribution in [1.82, 2.24) is 15.3 Å². The summed E-state index contributed by atoms with van der Waals surface area (Å²) in [4.78, 5) is 24.2. The van der Waals surface area contributed by atoms with E-state index in [-0.39, 0.29) is 16.7 Å². The highest BCUT2D eigenvalue weighted by molar-refractivity contribution is 7.89. The van der Waals surface area contributed by atoms with Gasteiger partial charge in [-0.25, -0.2) is 18.5 Å². The monoisotopic (exact) mass is 471 g/mol. The SMILES string of the molecule is Cc1nc(N2CCCC(C(=O)NCCc3ccc(S(N)(=O)=O)cc3)C2)c2c(C)c(C)oc2n1. The molecule has 1 amide bonds. The van der Waals surface area contributed by atoms with Crippen LogP contribution < -0.4 is 15.4 Å². The molecule has 33 heavy (non-hydrogen) atoms. The van der Waals surface area contributed by atoms with Crippen molar-refractivity contribution >= 4 is 32.8 Å². The lowest BCUT2D eigenvalue weighted by molar-refractivity contribution is -0.125. The number of carbonyl (C=O) groups excluding carboxylic acids is 1. The van der Waals surface area contributed by atoms with E-state index in [1.807, 2.05) is 20.8 Å². The topological polar surface area (TPSA) is 131 Å². The van der Waals surface area contributed by atoms with Crippen molar-refractivity contribution in [1.29, 1.82) is 0 Å². The minimum Gasteiger partial charge on any atom is -0.443 e. The lowest BCUT2D eigenvalue weighted by Gasteiger charge is -2.33. The summed E-state index contributed by atoms with van der Waals surface area (Å²) in [6, 6.07) is 6.39. The largest absolute Gasteiger partial charge is 0.443 e. The number of rotatable bonds is 6. The third-order valence-electron chi connectivity index (χ3n) is 6.18. The molecule has 176 valence electrons. The maximum absolute atomic E-state index is 12.9. The first kappa shape index (κ1) is 23.2. The number of aryl methyl sites for hydroxylation is 3. The van der Waals surface area contributed by atoms with Gasteiger partial charge in [-0.05, 0) is 57.7 Å². The molecular formula is C23H29N5O4S. The van der Waals surface area contributed by atoms with Gasteiger partial charge < -0.3 is 14.6 Å². The van der Waals surface area contributed by atoms with Crippen LogP contribution in [-0.2, 0) is 21.2 Å². The van der Waals surface area contributed by atoms with E-state index in [1.54, 1.807) is 12.1 Å². The number of anilines is 1. The quantitative estimate of drug-likeness (QED) is 0.564. The molecule has 2 aromatic heterocycles. The molecule has 1 unspecified atom stereocenters. The Hall–Kier alpha value is -2.98. The van der Waals surface area contributed by atoms with Gasteiger partial charge in [0, 0.05) is 25.2 Å². The van der Waals surface area contributed by atoms with Gasteiger partial charge in [-0.1, -0.05) is 12.1 Å². The van der Waals surface area contributed by atoms with Gasteiger partial charge in [0.2, 0.25) is 21.6 Å². The van der Waals surface area contributed by atoms with Gasteiger partial charge in [-0.15, -0.1) is 0 Å². The second kappa shape index (κ2) is 9.11. The van der Waals surface area contributed by atoms with Crippen molar-refractivity contribution in [3.8, 4) is 0 Å². The van der Waals surface area contributed by atoms with Crippen LogP contribution in [0.5, 0.6) is 0 Å². The number of nitrogens with two attached hydrogens (primary N) is 1. The lowest BCUT2D eigenvalue weighted by Crippen LogP contribution is -2.44. The van der Waals surface area contributed by atoms with E-state index in [2.05, 4.69) is 15.2 Å². The number of sulfonamides is 1. The fraction of sp³-hybridized carbons (Fsp3) is 0.435. The number of fused-ring (bicyclic) bond motifs is 1. The number of nitrogens with zero attached hydrogens (tertiary/aromatic N) is 3. The molecule has 9 nitrogen and oxygen atoms in total. The minimum atomic E-state index is -3.70. The number of aromatic nitrogens is 2. The maximum Gasteiger partial charge on any atom is 0.238 e. The molecule has 3 N–H and O–H groups in total. The van der Waals surface area contributed by atoms with Crippen molar-refractivity contribution in [2.75, 3.05) is 24.5 Å². The first-order chi connectivity index (χ1) is 15.6. The number of nitrogens with one attached hydrogen (secondary N) is 1. The second-order valence-corrected chi connectivity index (χ2v) is 10.1. The molecule has 3 heterocycles. The zero-order valence-corrected chi connectivity index (χ0v) is 19.9. The Balaban J connectivity index is 1.40. The van der Waals surface area contributed by atoms with Crippen LogP contribution in [0.15, 0.2) is 33.6 Å². The molecule has 1 atom stereocenters. The summed E-state index contributed by atoms with van der Waals surface area (Å²) >= 11 is 0. The summed E-state index contributed by atoms with van der Waals surface area (Å²) in [7, 11) is -3.70. The van der Waals surface area contributed by atoms with E-state index in [0.29, 0.717) is 31.0 Å². The first-order valence-electron chi connectivity index (χ1n) is 11.0. The first-order valence-corrected chi connectivity index (χ1v) is 12.6. The molecule has 0 aliphatic carbocycles. The maximum atomic E-state index is 12.9. The standard InChI is InChI=1S/C23H29N5O4S/c1-14-15(2)32-23-20(14)21(26-16(3)27-23)28-12-4-5-18(13-28)22(29)25-11-10-17-6-8-19(9-7-17)33(24,30)31/h6-9,18H,4-5,10-13H2,1-3H3,(H,25,29)(H2,24,30,31). The lowest BCUT2D eigenvalue weighted by atomic mass is 9.96. The van der Waals surface area contributed by atoms with Crippen LogP contribution in [0.3, 0.4) is 0 Å². The normalized spacial score (nSPS) is 16.8. The molecule has 4 rings (SSSR count). The Morgan fingerprint density at radius 3 is 2.64 bits per heavy atom. The zero-order valence-electron chi connectivity index (χ0n) is 19.1.